The fourth-order valence-corrected chi connectivity index (χ4v) is 3.26. The molecule has 0 aliphatic carbocycles. The number of hydrogen-bond acceptors (Lipinski definition) is 3. The van der Waals surface area contributed by atoms with Crippen molar-refractivity contribution in [2.24, 2.45) is 0 Å². The summed E-state index contributed by atoms with van der Waals surface area (Å²) >= 11 is 0. The van der Waals surface area contributed by atoms with E-state index in [0.29, 0.717) is 11.6 Å². The molecule has 24 heavy (non-hydrogen) atoms. The third-order valence-electron chi connectivity index (χ3n) is 4.78. The molecule has 3 N–H and O–H groups in total. The van der Waals surface area contributed by atoms with Gasteiger partial charge in [0, 0.05) is 11.6 Å². The number of hydrogen-bond donors (Lipinski definition) is 3. The van der Waals surface area contributed by atoms with Crippen molar-refractivity contribution in [1.82, 2.24) is 5.16 Å². The smallest absolute Gasteiger partial charge is 0.283 e. The number of carbonyl (C=O) groups is 1. The van der Waals surface area contributed by atoms with Gasteiger partial charge >= 0.3 is 0 Å². The summed E-state index contributed by atoms with van der Waals surface area (Å²) in [7, 11) is 0. The lowest BCUT2D eigenvalue weighted by Gasteiger charge is -2.32. The van der Waals surface area contributed by atoms with Crippen LogP contribution >= 0.6 is 0 Å². The maximum absolute atomic E-state index is 12.4. The first-order valence-electron chi connectivity index (χ1n) is 8.58. The van der Waals surface area contributed by atoms with Gasteiger partial charge in [0.05, 0.1) is 0 Å². The van der Waals surface area contributed by atoms with Gasteiger partial charge in [0.25, 0.3) is 5.91 Å². The lowest BCUT2D eigenvalue weighted by Crippen LogP contribution is -3.29. The van der Waals surface area contributed by atoms with Gasteiger partial charge < -0.3 is 19.6 Å². The number of benzene rings is 1. The van der Waals surface area contributed by atoms with E-state index in [1.807, 2.05) is 13.8 Å². The molecule has 1 aromatic heterocycles. The molecule has 2 heterocycles. The molecule has 0 bridgehead atoms. The van der Waals surface area contributed by atoms with Crippen LogP contribution in [0.5, 0.6) is 0 Å². The van der Waals surface area contributed by atoms with Crippen LogP contribution in [0.2, 0.25) is 0 Å². The van der Waals surface area contributed by atoms with Crippen molar-refractivity contribution in [1.29, 1.82) is 0 Å². The highest BCUT2D eigenvalue weighted by Crippen LogP contribution is 2.06. The van der Waals surface area contributed by atoms with E-state index in [9.17, 15) is 4.79 Å². The third kappa shape index (κ3) is 4.21. The number of amides is 1. The maximum atomic E-state index is 12.4. The Bertz CT molecular complexity index is 663. The van der Waals surface area contributed by atoms with E-state index in [0.717, 1.165) is 32.7 Å². The Balaban J connectivity index is 1.47. The van der Waals surface area contributed by atoms with Crippen molar-refractivity contribution in [3.8, 4) is 0 Å². The van der Waals surface area contributed by atoms with E-state index >= 15 is 0 Å². The van der Waals surface area contributed by atoms with Gasteiger partial charge in [0.1, 0.15) is 38.5 Å². The van der Waals surface area contributed by atoms with Crippen molar-refractivity contribution >= 4 is 11.7 Å². The SMILES string of the molecule is Cc1cc(NC(=O)[C@@H](C)[NH+]2CC[NH+](Cc3ccccc3)CC2)no1. The fraction of sp³-hybridized carbons (Fsp3) is 0.444. The first-order valence-corrected chi connectivity index (χ1v) is 8.58. The number of aromatic nitrogens is 1. The number of rotatable bonds is 5. The predicted octanol–water partition coefficient (Wildman–Crippen LogP) is -0.706. The molecule has 0 radical (unpaired) electrons. The molecule has 1 atom stereocenters. The minimum atomic E-state index is -0.0831. The summed E-state index contributed by atoms with van der Waals surface area (Å²) in [6.45, 7) is 9.05. The van der Waals surface area contributed by atoms with E-state index in [4.69, 9.17) is 4.52 Å². The molecule has 0 unspecified atom stereocenters. The zero-order valence-corrected chi connectivity index (χ0v) is 14.3. The number of anilines is 1. The van der Waals surface area contributed by atoms with E-state index < -0.39 is 0 Å². The van der Waals surface area contributed by atoms with E-state index in [2.05, 4.69) is 40.8 Å². The molecule has 6 heteroatoms. The Morgan fingerprint density at radius 2 is 1.96 bits per heavy atom. The van der Waals surface area contributed by atoms with Crippen LogP contribution in [0.25, 0.3) is 0 Å². The van der Waals surface area contributed by atoms with E-state index in [-0.39, 0.29) is 11.9 Å². The average Bonchev–Trinajstić information content (AvgIpc) is 3.00. The summed E-state index contributed by atoms with van der Waals surface area (Å²) < 4.78 is 4.99. The fourth-order valence-electron chi connectivity index (χ4n) is 3.26. The van der Waals surface area contributed by atoms with Crippen molar-refractivity contribution in [2.45, 2.75) is 26.4 Å². The Morgan fingerprint density at radius 1 is 1.25 bits per heavy atom. The summed E-state index contributed by atoms with van der Waals surface area (Å²) in [4.78, 5) is 15.3. The van der Waals surface area contributed by atoms with E-state index in [1.165, 1.54) is 10.5 Å². The van der Waals surface area contributed by atoms with E-state index in [1.54, 1.807) is 11.0 Å². The Kier molecular flexibility index (Phi) is 5.27. The number of quaternary nitrogens is 2. The monoisotopic (exact) mass is 330 g/mol. The second kappa shape index (κ2) is 7.59. The number of nitrogens with zero attached hydrogens (tertiary/aromatic N) is 1. The summed E-state index contributed by atoms with van der Waals surface area (Å²) in [5.74, 6) is 1.20. The molecule has 1 amide bonds. The van der Waals surface area contributed by atoms with Crippen LogP contribution in [0, 0.1) is 6.92 Å². The quantitative estimate of drug-likeness (QED) is 0.679. The molecule has 2 aromatic rings. The summed E-state index contributed by atoms with van der Waals surface area (Å²) in [5.41, 5.74) is 1.38. The molecule has 128 valence electrons. The summed E-state index contributed by atoms with van der Waals surface area (Å²) in [5, 5.41) is 6.66. The molecule has 1 aliphatic rings. The summed E-state index contributed by atoms with van der Waals surface area (Å²) in [6, 6.07) is 12.3. The highest BCUT2D eigenvalue weighted by Gasteiger charge is 2.31. The topological polar surface area (TPSA) is 64.0 Å². The molecule has 0 spiro atoms. The normalized spacial score (nSPS) is 22.1. The van der Waals surface area contributed by atoms with Crippen LogP contribution in [-0.4, -0.2) is 43.3 Å². The number of aryl methyl sites for hydroxylation is 1. The molecular formula is C18H26N4O2+2. The van der Waals surface area contributed by atoms with Crippen molar-refractivity contribution < 1.29 is 19.1 Å². The van der Waals surface area contributed by atoms with Crippen molar-refractivity contribution in [2.75, 3.05) is 31.5 Å². The Morgan fingerprint density at radius 3 is 2.58 bits per heavy atom. The molecule has 6 nitrogen and oxygen atoms in total. The van der Waals surface area contributed by atoms with Crippen LogP contribution in [0.3, 0.4) is 0 Å². The van der Waals surface area contributed by atoms with Gasteiger partial charge in [-0.15, -0.1) is 0 Å². The second-order valence-corrected chi connectivity index (χ2v) is 6.60. The molecule has 1 aliphatic heterocycles. The van der Waals surface area contributed by atoms with Crippen LogP contribution in [0.1, 0.15) is 18.2 Å². The van der Waals surface area contributed by atoms with Gasteiger partial charge in [-0.05, 0) is 13.8 Å². The van der Waals surface area contributed by atoms with Gasteiger partial charge in [-0.1, -0.05) is 35.5 Å². The number of piperazine rings is 1. The van der Waals surface area contributed by atoms with Gasteiger partial charge in [0.2, 0.25) is 0 Å². The Labute approximate surface area is 142 Å². The average molecular weight is 330 g/mol. The van der Waals surface area contributed by atoms with Gasteiger partial charge in [-0.25, -0.2) is 0 Å². The highest BCUT2D eigenvalue weighted by atomic mass is 16.5. The van der Waals surface area contributed by atoms with Crippen LogP contribution in [0.15, 0.2) is 40.9 Å². The lowest BCUT2D eigenvalue weighted by atomic mass is 10.1. The summed E-state index contributed by atoms with van der Waals surface area (Å²) in [6.07, 6.45) is 0. The zero-order chi connectivity index (χ0) is 16.9. The standard InChI is InChI=1S/C18H24N4O2/c1-14-12-17(20-24-14)19-18(23)15(2)22-10-8-21(9-11-22)13-16-6-4-3-5-7-16/h3-7,12,15H,8-11,13H2,1-2H3,(H,19,20,23)/p+2/t15-/m1/s1. The first kappa shape index (κ1) is 16.7. The second-order valence-electron chi connectivity index (χ2n) is 6.60. The van der Waals surface area contributed by atoms with Crippen LogP contribution < -0.4 is 15.1 Å². The van der Waals surface area contributed by atoms with Crippen molar-refractivity contribution in [3.05, 3.63) is 47.7 Å². The van der Waals surface area contributed by atoms with Crippen molar-refractivity contribution in [3.63, 3.8) is 0 Å². The van der Waals surface area contributed by atoms with Gasteiger partial charge in [-0.3, -0.25) is 4.79 Å². The van der Waals surface area contributed by atoms with Crippen LogP contribution in [0.4, 0.5) is 5.82 Å². The third-order valence-corrected chi connectivity index (χ3v) is 4.78. The molecule has 3 rings (SSSR count). The number of nitrogens with one attached hydrogen (secondary N) is 3. The maximum Gasteiger partial charge on any atom is 0.283 e. The number of carbonyl (C=O) groups excluding carboxylic acids is 1. The predicted molar refractivity (Wildman–Crippen MR) is 90.9 cm³/mol. The zero-order valence-electron chi connectivity index (χ0n) is 14.3. The van der Waals surface area contributed by atoms with Crippen LogP contribution in [-0.2, 0) is 11.3 Å². The molecule has 1 fully saturated rings. The van der Waals surface area contributed by atoms with Gasteiger partial charge in [-0.2, -0.15) is 0 Å². The van der Waals surface area contributed by atoms with Gasteiger partial charge in [0.15, 0.2) is 11.9 Å². The minimum absolute atomic E-state index is 0.00445. The minimum Gasteiger partial charge on any atom is -0.360 e. The lowest BCUT2D eigenvalue weighted by molar-refractivity contribution is -1.02. The Hall–Kier alpha value is -2.18. The molecular weight excluding hydrogens is 304 g/mol. The molecule has 0 saturated carbocycles. The largest absolute Gasteiger partial charge is 0.360 e. The molecule has 1 saturated heterocycles. The first-order chi connectivity index (χ1) is 11.6. The highest BCUT2D eigenvalue weighted by molar-refractivity contribution is 5.92. The molecule has 1 aromatic carbocycles.